The number of hydrogen-bond donors (Lipinski definition) is 1. The van der Waals surface area contributed by atoms with Crippen LogP contribution in [0, 0.1) is 10.5 Å². The van der Waals surface area contributed by atoms with E-state index >= 15 is 0 Å². The Kier molecular flexibility index (Phi) is 3.06. The van der Waals surface area contributed by atoms with Crippen LogP contribution >= 0.6 is 35.2 Å². The van der Waals surface area contributed by atoms with Gasteiger partial charge in [0.1, 0.15) is 5.75 Å². The second-order valence-electron chi connectivity index (χ2n) is 2.30. The monoisotopic (exact) mass is 280 g/mol. The van der Waals surface area contributed by atoms with Gasteiger partial charge in [-0.2, -0.15) is 0 Å². The van der Waals surface area contributed by atoms with Crippen LogP contribution in [0.15, 0.2) is 17.0 Å². The second-order valence-corrected chi connectivity index (χ2v) is 3.91. The van der Waals surface area contributed by atoms with E-state index in [-0.39, 0.29) is 0 Å². The fourth-order valence-corrected chi connectivity index (χ4v) is 1.84. The first kappa shape index (κ1) is 9.19. The molecule has 0 unspecified atom stereocenters. The maximum atomic E-state index is 5.13. The SMILES string of the molecule is COc1cc(C)cc(I)c1S. The third-order valence-corrected chi connectivity index (χ3v) is 3.13. The van der Waals surface area contributed by atoms with Crippen LogP contribution in [0.2, 0.25) is 0 Å². The third kappa shape index (κ3) is 2.02. The molecule has 0 saturated carbocycles. The molecule has 0 heterocycles. The third-order valence-electron chi connectivity index (χ3n) is 1.39. The number of hydrogen-bond acceptors (Lipinski definition) is 2. The zero-order chi connectivity index (χ0) is 8.43. The molecule has 0 aromatic heterocycles. The number of aryl methyl sites for hydroxylation is 1. The summed E-state index contributed by atoms with van der Waals surface area (Å²) in [6.07, 6.45) is 0. The molecule has 0 fully saturated rings. The Balaban J connectivity index is 3.24. The summed E-state index contributed by atoms with van der Waals surface area (Å²) in [5.74, 6) is 0.845. The number of halogens is 1. The number of methoxy groups -OCH3 is 1. The Morgan fingerprint density at radius 3 is 2.64 bits per heavy atom. The fraction of sp³-hybridized carbons (Fsp3) is 0.250. The van der Waals surface area contributed by atoms with Gasteiger partial charge in [0.25, 0.3) is 0 Å². The minimum Gasteiger partial charge on any atom is -0.496 e. The minimum atomic E-state index is 0.845. The zero-order valence-electron chi connectivity index (χ0n) is 6.39. The first-order valence-electron chi connectivity index (χ1n) is 3.18. The van der Waals surface area contributed by atoms with Gasteiger partial charge in [-0.3, -0.25) is 0 Å². The van der Waals surface area contributed by atoms with Crippen LogP contribution < -0.4 is 4.74 Å². The molecule has 0 atom stereocenters. The van der Waals surface area contributed by atoms with Gasteiger partial charge in [0.05, 0.1) is 12.0 Å². The lowest BCUT2D eigenvalue weighted by molar-refractivity contribution is 0.404. The van der Waals surface area contributed by atoms with Gasteiger partial charge < -0.3 is 4.74 Å². The molecular weight excluding hydrogens is 271 g/mol. The second kappa shape index (κ2) is 3.67. The highest BCUT2D eigenvalue weighted by molar-refractivity contribution is 14.1. The van der Waals surface area contributed by atoms with E-state index in [0.717, 1.165) is 14.2 Å². The molecule has 1 aromatic rings. The van der Waals surface area contributed by atoms with Crippen molar-refractivity contribution in [1.82, 2.24) is 0 Å². The molecule has 0 N–H and O–H groups in total. The predicted octanol–water partition coefficient (Wildman–Crippen LogP) is 2.90. The standard InChI is InChI=1S/C8H9IOS/c1-5-3-6(9)8(11)7(4-5)10-2/h3-4,11H,1-2H3. The molecule has 3 heteroatoms. The van der Waals surface area contributed by atoms with E-state index < -0.39 is 0 Å². The Hall–Kier alpha value is 0.1000. The largest absolute Gasteiger partial charge is 0.496 e. The highest BCUT2D eigenvalue weighted by atomic mass is 127. The van der Waals surface area contributed by atoms with Gasteiger partial charge in [0.2, 0.25) is 0 Å². The number of ether oxygens (including phenoxy) is 1. The molecule has 11 heavy (non-hydrogen) atoms. The highest BCUT2D eigenvalue weighted by Crippen LogP contribution is 2.28. The van der Waals surface area contributed by atoms with Gasteiger partial charge in [-0.15, -0.1) is 12.6 Å². The minimum absolute atomic E-state index is 0.845. The zero-order valence-corrected chi connectivity index (χ0v) is 9.44. The number of benzene rings is 1. The van der Waals surface area contributed by atoms with Gasteiger partial charge >= 0.3 is 0 Å². The molecule has 0 amide bonds. The van der Waals surface area contributed by atoms with Gasteiger partial charge in [0.15, 0.2) is 0 Å². The average molecular weight is 280 g/mol. The summed E-state index contributed by atoms with van der Waals surface area (Å²) < 4.78 is 6.25. The van der Waals surface area contributed by atoms with Crippen molar-refractivity contribution >= 4 is 35.2 Å². The molecule has 0 aliphatic heterocycles. The van der Waals surface area contributed by atoms with Gasteiger partial charge in [-0.05, 0) is 47.2 Å². The summed E-state index contributed by atoms with van der Waals surface area (Å²) in [4.78, 5) is 0.915. The Morgan fingerprint density at radius 1 is 1.45 bits per heavy atom. The topological polar surface area (TPSA) is 9.23 Å². The maximum absolute atomic E-state index is 5.13. The van der Waals surface area contributed by atoms with E-state index in [2.05, 4.69) is 41.3 Å². The quantitative estimate of drug-likeness (QED) is 0.614. The van der Waals surface area contributed by atoms with Crippen LogP contribution in [-0.4, -0.2) is 7.11 Å². The van der Waals surface area contributed by atoms with Crippen LogP contribution in [0.25, 0.3) is 0 Å². The van der Waals surface area contributed by atoms with E-state index in [0.29, 0.717) is 0 Å². The number of thiol groups is 1. The van der Waals surface area contributed by atoms with Gasteiger partial charge in [0, 0.05) is 3.57 Å². The molecule has 1 nitrogen and oxygen atoms in total. The molecule has 0 aliphatic rings. The summed E-state index contributed by atoms with van der Waals surface area (Å²) in [6, 6.07) is 4.05. The molecule has 0 bridgehead atoms. The van der Waals surface area contributed by atoms with E-state index in [1.165, 1.54) is 5.56 Å². The van der Waals surface area contributed by atoms with Crippen molar-refractivity contribution < 1.29 is 4.74 Å². The number of rotatable bonds is 1. The molecule has 1 aromatic carbocycles. The van der Waals surface area contributed by atoms with Crippen molar-refractivity contribution in [3.8, 4) is 5.75 Å². The Morgan fingerprint density at radius 2 is 2.09 bits per heavy atom. The van der Waals surface area contributed by atoms with E-state index in [1.54, 1.807) is 7.11 Å². The van der Waals surface area contributed by atoms with Crippen LogP contribution in [-0.2, 0) is 0 Å². The van der Waals surface area contributed by atoms with Crippen molar-refractivity contribution in [2.24, 2.45) is 0 Å². The lowest BCUT2D eigenvalue weighted by Crippen LogP contribution is -1.88. The van der Waals surface area contributed by atoms with Gasteiger partial charge in [-0.25, -0.2) is 0 Å². The first-order chi connectivity index (χ1) is 5.15. The summed E-state index contributed by atoms with van der Waals surface area (Å²) in [6.45, 7) is 2.04. The van der Waals surface area contributed by atoms with Crippen molar-refractivity contribution in [3.63, 3.8) is 0 Å². The molecule has 1 rings (SSSR count). The van der Waals surface area contributed by atoms with Crippen molar-refractivity contribution in [3.05, 3.63) is 21.3 Å². The van der Waals surface area contributed by atoms with E-state index in [4.69, 9.17) is 4.74 Å². The van der Waals surface area contributed by atoms with Crippen molar-refractivity contribution in [1.29, 1.82) is 0 Å². The molecule has 60 valence electrons. The normalized spacial score (nSPS) is 9.82. The van der Waals surface area contributed by atoms with Crippen molar-refractivity contribution in [2.75, 3.05) is 7.11 Å². The van der Waals surface area contributed by atoms with Crippen LogP contribution in [0.4, 0.5) is 0 Å². The Bertz CT molecular complexity index is 273. The lowest BCUT2D eigenvalue weighted by Gasteiger charge is -2.06. The van der Waals surface area contributed by atoms with Gasteiger partial charge in [-0.1, -0.05) is 0 Å². The van der Waals surface area contributed by atoms with Crippen molar-refractivity contribution in [2.45, 2.75) is 11.8 Å². The predicted molar refractivity (Wildman–Crippen MR) is 57.7 cm³/mol. The van der Waals surface area contributed by atoms with E-state index in [9.17, 15) is 0 Å². The van der Waals surface area contributed by atoms with Crippen LogP contribution in [0.1, 0.15) is 5.56 Å². The van der Waals surface area contributed by atoms with Crippen LogP contribution in [0.3, 0.4) is 0 Å². The first-order valence-corrected chi connectivity index (χ1v) is 4.71. The summed E-state index contributed by atoms with van der Waals surface area (Å²) in [7, 11) is 1.66. The maximum Gasteiger partial charge on any atom is 0.133 e. The Labute approximate surface area is 85.7 Å². The average Bonchev–Trinajstić information content (AvgIpc) is 1.96. The molecule has 0 radical (unpaired) electrons. The highest BCUT2D eigenvalue weighted by Gasteiger charge is 2.03. The molecule has 0 spiro atoms. The molecule has 0 saturated heterocycles. The smallest absolute Gasteiger partial charge is 0.133 e. The summed E-state index contributed by atoms with van der Waals surface area (Å²) in [5.41, 5.74) is 1.20. The molecule has 0 aliphatic carbocycles. The lowest BCUT2D eigenvalue weighted by atomic mass is 10.2. The molecular formula is C8H9IOS. The summed E-state index contributed by atoms with van der Waals surface area (Å²) in [5, 5.41) is 0. The summed E-state index contributed by atoms with van der Waals surface area (Å²) >= 11 is 6.55. The van der Waals surface area contributed by atoms with Crippen LogP contribution in [0.5, 0.6) is 5.75 Å². The fourth-order valence-electron chi connectivity index (χ4n) is 0.858. The van der Waals surface area contributed by atoms with E-state index in [1.807, 2.05) is 13.0 Å².